The van der Waals surface area contributed by atoms with Gasteiger partial charge in [0, 0.05) is 6.42 Å². The number of nitrogens with zero attached hydrogens (tertiary/aromatic N) is 2. The summed E-state index contributed by atoms with van der Waals surface area (Å²) in [5.41, 5.74) is 3.40. The van der Waals surface area contributed by atoms with Crippen molar-refractivity contribution in [2.45, 2.75) is 12.8 Å². The number of carbonyl (C=O) groups is 1. The van der Waals surface area contributed by atoms with Crippen LogP contribution in [0.1, 0.15) is 17.5 Å². The van der Waals surface area contributed by atoms with Gasteiger partial charge in [-0.05, 0) is 18.1 Å². The van der Waals surface area contributed by atoms with Crippen molar-refractivity contribution in [1.29, 1.82) is 0 Å². The average molecular weight is 357 g/mol. The van der Waals surface area contributed by atoms with Crippen LogP contribution in [0.15, 0.2) is 47.6 Å². The summed E-state index contributed by atoms with van der Waals surface area (Å²) in [7, 11) is 2.82. The third-order valence-corrected chi connectivity index (χ3v) is 3.61. The Kier molecular flexibility index (Phi) is 6.67. The molecule has 26 heavy (non-hydrogen) atoms. The van der Waals surface area contributed by atoms with Crippen LogP contribution in [0.25, 0.3) is 0 Å². The number of benzene rings is 2. The number of rotatable bonds is 8. The molecule has 0 atom stereocenters. The molecule has 0 heterocycles. The van der Waals surface area contributed by atoms with Crippen LogP contribution in [0.3, 0.4) is 0 Å². The number of carbonyl (C=O) groups excluding carboxylic acids is 1. The molecule has 0 unspecified atom stereocenters. The maximum absolute atomic E-state index is 11.8. The first-order valence-electron chi connectivity index (χ1n) is 7.81. The number of hydrogen-bond donors (Lipinski definition) is 1. The molecule has 136 valence electrons. The normalized spacial score (nSPS) is 10.5. The van der Waals surface area contributed by atoms with E-state index in [0.717, 1.165) is 5.56 Å². The Bertz CT molecular complexity index is 806. The van der Waals surface area contributed by atoms with Crippen LogP contribution in [0.2, 0.25) is 0 Å². The molecular formula is C18H19N3O5. The van der Waals surface area contributed by atoms with E-state index < -0.39 is 4.92 Å². The molecule has 0 fully saturated rings. The fourth-order valence-electron chi connectivity index (χ4n) is 2.28. The minimum absolute atomic E-state index is 0.191. The van der Waals surface area contributed by atoms with E-state index in [1.165, 1.54) is 32.6 Å². The molecule has 0 aliphatic carbocycles. The summed E-state index contributed by atoms with van der Waals surface area (Å²) in [6.07, 6.45) is 2.05. The molecule has 0 aliphatic heterocycles. The summed E-state index contributed by atoms with van der Waals surface area (Å²) in [6, 6.07) is 12.3. The van der Waals surface area contributed by atoms with Crippen molar-refractivity contribution in [1.82, 2.24) is 5.43 Å². The van der Waals surface area contributed by atoms with Gasteiger partial charge in [-0.3, -0.25) is 14.9 Å². The number of nitrogens with one attached hydrogen (secondary N) is 1. The number of methoxy groups -OCH3 is 2. The van der Waals surface area contributed by atoms with Crippen molar-refractivity contribution in [2.75, 3.05) is 14.2 Å². The number of hydrogen-bond acceptors (Lipinski definition) is 6. The molecule has 1 amide bonds. The molecule has 0 aromatic heterocycles. The third-order valence-electron chi connectivity index (χ3n) is 3.61. The van der Waals surface area contributed by atoms with Crippen molar-refractivity contribution < 1.29 is 19.2 Å². The largest absolute Gasteiger partial charge is 0.493 e. The molecule has 0 aliphatic rings. The Balaban J connectivity index is 2.04. The van der Waals surface area contributed by atoms with E-state index in [9.17, 15) is 14.9 Å². The van der Waals surface area contributed by atoms with Crippen LogP contribution >= 0.6 is 0 Å². The second-order valence-electron chi connectivity index (χ2n) is 5.30. The first-order valence-corrected chi connectivity index (χ1v) is 7.81. The van der Waals surface area contributed by atoms with Gasteiger partial charge in [0.05, 0.1) is 37.0 Å². The molecule has 0 bridgehead atoms. The zero-order chi connectivity index (χ0) is 18.9. The minimum Gasteiger partial charge on any atom is -0.493 e. The van der Waals surface area contributed by atoms with Gasteiger partial charge in [0.15, 0.2) is 11.5 Å². The highest BCUT2D eigenvalue weighted by Crippen LogP contribution is 2.33. The van der Waals surface area contributed by atoms with E-state index in [1.54, 1.807) is 0 Å². The first-order chi connectivity index (χ1) is 12.5. The molecule has 2 aromatic carbocycles. The lowest BCUT2D eigenvalue weighted by molar-refractivity contribution is -0.385. The molecule has 2 aromatic rings. The fourth-order valence-corrected chi connectivity index (χ4v) is 2.28. The predicted octanol–water partition coefficient (Wildman–Crippen LogP) is 2.69. The molecular weight excluding hydrogens is 338 g/mol. The summed E-state index contributed by atoms with van der Waals surface area (Å²) in [5, 5.41) is 15.0. The van der Waals surface area contributed by atoms with Crippen molar-refractivity contribution in [3.8, 4) is 11.5 Å². The Morgan fingerprint density at radius 3 is 2.46 bits per heavy atom. The van der Waals surface area contributed by atoms with Crippen molar-refractivity contribution in [3.63, 3.8) is 0 Å². The molecule has 8 heteroatoms. The van der Waals surface area contributed by atoms with E-state index in [0.29, 0.717) is 12.2 Å². The lowest BCUT2D eigenvalue weighted by Gasteiger charge is -2.08. The second kappa shape index (κ2) is 9.16. The van der Waals surface area contributed by atoms with Crippen molar-refractivity contribution in [2.24, 2.45) is 5.10 Å². The quantitative estimate of drug-likeness (QED) is 0.444. The van der Waals surface area contributed by atoms with E-state index in [1.807, 2.05) is 30.3 Å². The summed E-state index contributed by atoms with van der Waals surface area (Å²) < 4.78 is 10.2. The number of hydrazone groups is 1. The van der Waals surface area contributed by atoms with Gasteiger partial charge in [-0.1, -0.05) is 30.3 Å². The van der Waals surface area contributed by atoms with Gasteiger partial charge in [-0.15, -0.1) is 0 Å². The number of amides is 1. The van der Waals surface area contributed by atoms with Gasteiger partial charge in [-0.25, -0.2) is 5.43 Å². The minimum atomic E-state index is -0.555. The SMILES string of the molecule is COc1cc(/C=N\NC(=O)CCc2ccccc2)c([N+](=O)[O-])cc1OC. The highest BCUT2D eigenvalue weighted by Gasteiger charge is 2.18. The molecule has 8 nitrogen and oxygen atoms in total. The zero-order valence-electron chi connectivity index (χ0n) is 14.5. The van der Waals surface area contributed by atoms with Crippen molar-refractivity contribution >= 4 is 17.8 Å². The second-order valence-corrected chi connectivity index (χ2v) is 5.30. The van der Waals surface area contributed by atoms with Crippen LogP contribution in [-0.2, 0) is 11.2 Å². The molecule has 0 saturated carbocycles. The lowest BCUT2D eigenvalue weighted by Crippen LogP contribution is -2.18. The number of nitro benzene ring substituents is 1. The maximum atomic E-state index is 11.8. The third kappa shape index (κ3) is 5.04. The predicted molar refractivity (Wildman–Crippen MR) is 96.7 cm³/mol. The monoisotopic (exact) mass is 357 g/mol. The number of aryl methyl sites for hydroxylation is 1. The van der Waals surface area contributed by atoms with Crippen molar-refractivity contribution in [3.05, 3.63) is 63.7 Å². The zero-order valence-corrected chi connectivity index (χ0v) is 14.5. The summed E-state index contributed by atoms with van der Waals surface area (Å²) in [6.45, 7) is 0. The number of nitro groups is 1. The van der Waals surface area contributed by atoms with E-state index in [2.05, 4.69) is 10.5 Å². The van der Waals surface area contributed by atoms with Gasteiger partial charge < -0.3 is 9.47 Å². The van der Waals surface area contributed by atoms with Crippen LogP contribution in [0.5, 0.6) is 11.5 Å². The lowest BCUT2D eigenvalue weighted by atomic mass is 10.1. The van der Waals surface area contributed by atoms with Gasteiger partial charge in [0.25, 0.3) is 5.69 Å². The van der Waals surface area contributed by atoms with Crippen LogP contribution in [0.4, 0.5) is 5.69 Å². The van der Waals surface area contributed by atoms with Gasteiger partial charge >= 0.3 is 0 Å². The molecule has 2 rings (SSSR count). The standard InChI is InChI=1S/C18H19N3O5/c1-25-16-10-14(15(21(23)24)11-17(16)26-2)12-19-20-18(22)9-8-13-6-4-3-5-7-13/h3-7,10-12H,8-9H2,1-2H3,(H,20,22)/b19-12-. The summed E-state index contributed by atoms with van der Waals surface area (Å²) >= 11 is 0. The van der Waals surface area contributed by atoms with Crippen LogP contribution < -0.4 is 14.9 Å². The summed E-state index contributed by atoms with van der Waals surface area (Å²) in [4.78, 5) is 22.5. The Morgan fingerprint density at radius 2 is 1.85 bits per heavy atom. The number of ether oxygens (including phenoxy) is 2. The topological polar surface area (TPSA) is 103 Å². The molecule has 1 N–H and O–H groups in total. The Morgan fingerprint density at radius 1 is 1.19 bits per heavy atom. The van der Waals surface area contributed by atoms with Gasteiger partial charge in [-0.2, -0.15) is 5.10 Å². The summed E-state index contributed by atoms with van der Waals surface area (Å²) in [5.74, 6) is 0.284. The fraction of sp³-hybridized carbons (Fsp3) is 0.222. The molecule has 0 spiro atoms. The first kappa shape index (κ1) is 18.9. The molecule has 0 radical (unpaired) electrons. The Labute approximate surface area is 150 Å². The highest BCUT2D eigenvalue weighted by atomic mass is 16.6. The van der Waals surface area contributed by atoms with E-state index in [4.69, 9.17) is 9.47 Å². The average Bonchev–Trinajstić information content (AvgIpc) is 2.66. The Hall–Kier alpha value is -3.42. The maximum Gasteiger partial charge on any atom is 0.282 e. The van der Waals surface area contributed by atoms with Crippen LogP contribution in [-0.4, -0.2) is 31.3 Å². The highest BCUT2D eigenvalue weighted by molar-refractivity contribution is 5.88. The van der Waals surface area contributed by atoms with Gasteiger partial charge in [0.2, 0.25) is 5.91 Å². The van der Waals surface area contributed by atoms with E-state index >= 15 is 0 Å². The molecule has 0 saturated heterocycles. The smallest absolute Gasteiger partial charge is 0.282 e. The van der Waals surface area contributed by atoms with Gasteiger partial charge in [0.1, 0.15) is 0 Å². The van der Waals surface area contributed by atoms with E-state index in [-0.39, 0.29) is 29.3 Å². The van der Waals surface area contributed by atoms with Crippen LogP contribution in [0, 0.1) is 10.1 Å².